The van der Waals surface area contributed by atoms with E-state index < -0.39 is 10.0 Å². The summed E-state index contributed by atoms with van der Waals surface area (Å²) in [6.07, 6.45) is 1.60. The molecule has 1 saturated heterocycles. The second-order valence-corrected chi connectivity index (χ2v) is 7.80. The molecule has 0 aliphatic carbocycles. The van der Waals surface area contributed by atoms with E-state index in [0.717, 1.165) is 5.56 Å². The fraction of sp³-hybridized carbons (Fsp3) is 0.438. The average Bonchev–Trinajstić information content (AvgIpc) is 3.12. The van der Waals surface area contributed by atoms with Crippen LogP contribution >= 0.6 is 0 Å². The summed E-state index contributed by atoms with van der Waals surface area (Å²) in [6, 6.07) is 9.63. The molecule has 124 valence electrons. The lowest BCUT2D eigenvalue weighted by atomic mass is 9.95. The number of imidazole rings is 1. The van der Waals surface area contributed by atoms with E-state index in [1.807, 2.05) is 48.7 Å². The first-order chi connectivity index (χ1) is 10.9. The van der Waals surface area contributed by atoms with E-state index in [1.54, 1.807) is 6.20 Å². The molecule has 3 rings (SSSR count). The zero-order chi connectivity index (χ0) is 16.6. The molecule has 2 heterocycles. The average molecular weight is 334 g/mol. The van der Waals surface area contributed by atoms with E-state index in [9.17, 15) is 8.42 Å². The van der Waals surface area contributed by atoms with Gasteiger partial charge >= 0.3 is 0 Å². The van der Waals surface area contributed by atoms with Crippen LogP contribution in [0.4, 0.5) is 0 Å². The van der Waals surface area contributed by atoms with Gasteiger partial charge in [-0.2, -0.15) is 4.31 Å². The van der Waals surface area contributed by atoms with Gasteiger partial charge in [0, 0.05) is 37.8 Å². The standard InChI is InChI=1S/C16H22N4O2S/c1-3-19-11-16(18-12(19)2)23(21,22)20-9-14(15(17)10-20)13-7-5-4-6-8-13/h4-8,11,14-15H,3,9-10,17H2,1-2H3/t14-,15+/m0/s1. The van der Waals surface area contributed by atoms with Gasteiger partial charge in [-0.3, -0.25) is 0 Å². The first-order valence-electron chi connectivity index (χ1n) is 7.78. The molecule has 1 fully saturated rings. The van der Waals surface area contributed by atoms with Crippen LogP contribution in [0.5, 0.6) is 0 Å². The fourth-order valence-corrected chi connectivity index (χ4v) is 4.59. The van der Waals surface area contributed by atoms with E-state index in [2.05, 4.69) is 4.98 Å². The lowest BCUT2D eigenvalue weighted by Crippen LogP contribution is -2.32. The third-order valence-corrected chi connectivity index (χ3v) is 6.16. The number of sulfonamides is 1. The molecule has 2 atom stereocenters. The van der Waals surface area contributed by atoms with Crippen molar-refractivity contribution in [2.24, 2.45) is 5.73 Å². The number of aromatic nitrogens is 2. The molecule has 7 heteroatoms. The molecule has 1 aromatic heterocycles. The van der Waals surface area contributed by atoms with Gasteiger partial charge in [0.1, 0.15) is 5.82 Å². The fourth-order valence-electron chi connectivity index (χ4n) is 3.10. The van der Waals surface area contributed by atoms with Gasteiger partial charge in [-0.05, 0) is 19.4 Å². The molecule has 0 spiro atoms. The molecule has 0 bridgehead atoms. The number of nitrogens with zero attached hydrogens (tertiary/aromatic N) is 3. The zero-order valence-electron chi connectivity index (χ0n) is 13.4. The Labute approximate surface area is 137 Å². The number of rotatable bonds is 4. The first kappa shape index (κ1) is 16.2. The Hall–Kier alpha value is -1.70. The topological polar surface area (TPSA) is 81.2 Å². The molecule has 6 nitrogen and oxygen atoms in total. The Balaban J connectivity index is 1.87. The highest BCUT2D eigenvalue weighted by Crippen LogP contribution is 2.30. The molecule has 2 N–H and O–H groups in total. The lowest BCUT2D eigenvalue weighted by molar-refractivity contribution is 0.467. The second-order valence-electron chi connectivity index (χ2n) is 5.92. The van der Waals surface area contributed by atoms with Crippen LogP contribution in [0.2, 0.25) is 0 Å². The van der Waals surface area contributed by atoms with Crippen molar-refractivity contribution in [2.45, 2.75) is 37.4 Å². The molecule has 0 amide bonds. The minimum Gasteiger partial charge on any atom is -0.334 e. The molecule has 1 aliphatic rings. The normalized spacial score (nSPS) is 22.6. The number of hydrogen-bond acceptors (Lipinski definition) is 4. The van der Waals surface area contributed by atoms with Crippen molar-refractivity contribution in [3.63, 3.8) is 0 Å². The van der Waals surface area contributed by atoms with Gasteiger partial charge < -0.3 is 10.3 Å². The molecule has 0 unspecified atom stereocenters. The van der Waals surface area contributed by atoms with Crippen molar-refractivity contribution in [3.8, 4) is 0 Å². The van der Waals surface area contributed by atoms with Crippen LogP contribution in [0.1, 0.15) is 24.2 Å². The van der Waals surface area contributed by atoms with Crippen molar-refractivity contribution < 1.29 is 8.42 Å². The Kier molecular flexibility index (Phi) is 4.27. The maximum absolute atomic E-state index is 12.8. The smallest absolute Gasteiger partial charge is 0.262 e. The molecular weight excluding hydrogens is 312 g/mol. The summed E-state index contributed by atoms with van der Waals surface area (Å²) in [5, 5.41) is 0.109. The van der Waals surface area contributed by atoms with E-state index in [0.29, 0.717) is 25.5 Å². The molecule has 23 heavy (non-hydrogen) atoms. The van der Waals surface area contributed by atoms with Crippen molar-refractivity contribution in [2.75, 3.05) is 13.1 Å². The van der Waals surface area contributed by atoms with Crippen molar-refractivity contribution in [3.05, 3.63) is 47.9 Å². The largest absolute Gasteiger partial charge is 0.334 e. The number of aryl methyl sites for hydroxylation is 2. The molecule has 2 aromatic rings. The van der Waals surface area contributed by atoms with Crippen molar-refractivity contribution >= 4 is 10.0 Å². The molecular formula is C16H22N4O2S. The van der Waals surface area contributed by atoms with Gasteiger partial charge in [0.15, 0.2) is 5.03 Å². The van der Waals surface area contributed by atoms with Crippen LogP contribution in [-0.2, 0) is 16.6 Å². The van der Waals surface area contributed by atoms with Crippen LogP contribution in [0.15, 0.2) is 41.6 Å². The van der Waals surface area contributed by atoms with Crippen LogP contribution in [-0.4, -0.2) is 41.4 Å². The summed E-state index contributed by atoms with van der Waals surface area (Å²) >= 11 is 0. The second kappa shape index (κ2) is 6.07. The van der Waals surface area contributed by atoms with E-state index in [4.69, 9.17) is 5.73 Å². The molecule has 0 saturated carbocycles. The molecule has 0 radical (unpaired) electrons. The van der Waals surface area contributed by atoms with Gasteiger partial charge in [0.05, 0.1) is 0 Å². The highest BCUT2D eigenvalue weighted by atomic mass is 32.2. The van der Waals surface area contributed by atoms with Crippen LogP contribution in [0, 0.1) is 6.92 Å². The van der Waals surface area contributed by atoms with E-state index >= 15 is 0 Å². The third-order valence-electron chi connectivity index (χ3n) is 4.46. The summed E-state index contributed by atoms with van der Waals surface area (Å²) < 4.78 is 29.0. The van der Waals surface area contributed by atoms with Gasteiger partial charge in [0.2, 0.25) is 0 Å². The summed E-state index contributed by atoms with van der Waals surface area (Å²) in [5.41, 5.74) is 7.28. The SMILES string of the molecule is CCn1cc(S(=O)(=O)N2C[C@@H](N)[C@H](c3ccccc3)C2)nc1C. The van der Waals surface area contributed by atoms with Crippen LogP contribution in [0.3, 0.4) is 0 Å². The highest BCUT2D eigenvalue weighted by molar-refractivity contribution is 7.89. The highest BCUT2D eigenvalue weighted by Gasteiger charge is 2.39. The quantitative estimate of drug-likeness (QED) is 0.914. The summed E-state index contributed by atoms with van der Waals surface area (Å²) in [6.45, 7) is 5.18. The van der Waals surface area contributed by atoms with Crippen LogP contribution in [0.25, 0.3) is 0 Å². The predicted octanol–water partition coefficient (Wildman–Crippen LogP) is 1.33. The van der Waals surface area contributed by atoms with Crippen molar-refractivity contribution in [1.29, 1.82) is 0 Å². The Morgan fingerprint density at radius 3 is 2.57 bits per heavy atom. The van der Waals surface area contributed by atoms with Crippen LogP contribution < -0.4 is 5.73 Å². The lowest BCUT2D eigenvalue weighted by Gasteiger charge is -2.15. The Morgan fingerprint density at radius 2 is 1.96 bits per heavy atom. The Bertz CT molecular complexity index is 786. The molecule has 1 aromatic carbocycles. The first-order valence-corrected chi connectivity index (χ1v) is 9.22. The monoisotopic (exact) mass is 334 g/mol. The summed E-state index contributed by atoms with van der Waals surface area (Å²) in [7, 11) is -3.60. The summed E-state index contributed by atoms with van der Waals surface area (Å²) in [5.74, 6) is 0.717. The minimum absolute atomic E-state index is 0.0142. The van der Waals surface area contributed by atoms with E-state index in [1.165, 1.54) is 4.31 Å². The number of nitrogens with two attached hydrogens (primary N) is 1. The van der Waals surface area contributed by atoms with Gasteiger partial charge in [-0.15, -0.1) is 0 Å². The molecule has 1 aliphatic heterocycles. The summed E-state index contributed by atoms with van der Waals surface area (Å²) in [4.78, 5) is 4.21. The van der Waals surface area contributed by atoms with Gasteiger partial charge in [-0.1, -0.05) is 30.3 Å². The van der Waals surface area contributed by atoms with Crippen molar-refractivity contribution in [1.82, 2.24) is 13.9 Å². The Morgan fingerprint density at radius 1 is 1.26 bits per heavy atom. The number of benzene rings is 1. The maximum atomic E-state index is 12.8. The third kappa shape index (κ3) is 2.91. The van der Waals surface area contributed by atoms with E-state index in [-0.39, 0.29) is 17.0 Å². The minimum atomic E-state index is -3.60. The predicted molar refractivity (Wildman–Crippen MR) is 88.6 cm³/mol. The number of hydrogen-bond donors (Lipinski definition) is 1. The zero-order valence-corrected chi connectivity index (χ0v) is 14.2. The van der Waals surface area contributed by atoms with Gasteiger partial charge in [0.25, 0.3) is 10.0 Å². The van der Waals surface area contributed by atoms with Gasteiger partial charge in [-0.25, -0.2) is 13.4 Å². The maximum Gasteiger partial charge on any atom is 0.262 e.